The molecule has 0 aromatic carbocycles. The van der Waals surface area contributed by atoms with E-state index >= 15 is 0 Å². The van der Waals surface area contributed by atoms with Gasteiger partial charge in [-0.15, -0.1) is 0 Å². The summed E-state index contributed by atoms with van der Waals surface area (Å²) < 4.78 is 5.23. The van der Waals surface area contributed by atoms with E-state index in [1.165, 1.54) is 38.5 Å². The van der Waals surface area contributed by atoms with Crippen LogP contribution in [0.15, 0.2) is 0 Å². The molecule has 0 aliphatic carbocycles. The Morgan fingerprint density at radius 1 is 1.05 bits per heavy atom. The fourth-order valence-electron chi connectivity index (χ4n) is 3.35. The molecule has 0 aliphatic heterocycles. The standard InChI is InChI=1S/C16H34O2Si/c1-5-9-10-11-12-13-14(6-2)16(7-3,8-4)15(17)18-19/h14H,5-13H2,1-4,19H3. The molecular weight excluding hydrogens is 252 g/mol. The van der Waals surface area contributed by atoms with E-state index in [9.17, 15) is 4.79 Å². The molecule has 0 fully saturated rings. The van der Waals surface area contributed by atoms with Gasteiger partial charge >= 0.3 is 0 Å². The van der Waals surface area contributed by atoms with Gasteiger partial charge in [0.15, 0.2) is 0 Å². The molecule has 0 aromatic heterocycles. The molecule has 0 saturated heterocycles. The summed E-state index contributed by atoms with van der Waals surface area (Å²) >= 11 is 0. The fraction of sp³-hybridized carbons (Fsp3) is 0.938. The molecule has 0 amide bonds. The summed E-state index contributed by atoms with van der Waals surface area (Å²) in [5, 5.41) is 0. The predicted molar refractivity (Wildman–Crippen MR) is 86.2 cm³/mol. The predicted octanol–water partition coefficient (Wildman–Crippen LogP) is 4.00. The summed E-state index contributed by atoms with van der Waals surface area (Å²) in [6.07, 6.45) is 10.6. The van der Waals surface area contributed by atoms with Crippen LogP contribution in [0.2, 0.25) is 0 Å². The number of carbonyl (C=O) groups excluding carboxylic acids is 1. The smallest absolute Gasteiger partial charge is 0.298 e. The lowest BCUT2D eigenvalue weighted by Crippen LogP contribution is -2.38. The molecule has 0 aliphatic rings. The molecule has 19 heavy (non-hydrogen) atoms. The van der Waals surface area contributed by atoms with Crippen LogP contribution in [0.1, 0.15) is 85.5 Å². The maximum atomic E-state index is 12.2. The lowest BCUT2D eigenvalue weighted by molar-refractivity contribution is -0.150. The third kappa shape index (κ3) is 5.29. The van der Waals surface area contributed by atoms with Crippen molar-refractivity contribution in [1.82, 2.24) is 0 Å². The van der Waals surface area contributed by atoms with Gasteiger partial charge in [-0.3, -0.25) is 4.79 Å². The molecule has 0 N–H and O–H groups in total. The zero-order valence-corrected chi connectivity index (χ0v) is 15.8. The Balaban J connectivity index is 4.54. The van der Waals surface area contributed by atoms with E-state index in [-0.39, 0.29) is 11.4 Å². The molecular formula is C16H34O2Si. The van der Waals surface area contributed by atoms with Crippen LogP contribution in [0.25, 0.3) is 0 Å². The van der Waals surface area contributed by atoms with Crippen LogP contribution in [0.5, 0.6) is 0 Å². The van der Waals surface area contributed by atoms with E-state index in [4.69, 9.17) is 4.43 Å². The van der Waals surface area contributed by atoms with Crippen molar-refractivity contribution in [2.24, 2.45) is 11.3 Å². The van der Waals surface area contributed by atoms with E-state index in [1.54, 1.807) is 0 Å². The summed E-state index contributed by atoms with van der Waals surface area (Å²) in [4.78, 5) is 12.2. The largest absolute Gasteiger partial charge is 0.528 e. The lowest BCUT2D eigenvalue weighted by atomic mass is 9.68. The Hall–Kier alpha value is -0.313. The van der Waals surface area contributed by atoms with Crippen LogP contribution in [-0.2, 0) is 9.22 Å². The van der Waals surface area contributed by atoms with Crippen LogP contribution in [-0.4, -0.2) is 16.5 Å². The minimum absolute atomic E-state index is 0.0598. The second kappa shape index (κ2) is 10.5. The minimum atomic E-state index is -0.221. The zero-order valence-electron chi connectivity index (χ0n) is 13.8. The van der Waals surface area contributed by atoms with E-state index in [0.717, 1.165) is 19.3 Å². The second-order valence-corrected chi connectivity index (χ2v) is 6.07. The van der Waals surface area contributed by atoms with Gasteiger partial charge in [0.05, 0.1) is 5.41 Å². The first kappa shape index (κ1) is 18.7. The van der Waals surface area contributed by atoms with Crippen molar-refractivity contribution in [2.75, 3.05) is 0 Å². The van der Waals surface area contributed by atoms with Gasteiger partial charge in [-0.05, 0) is 25.2 Å². The number of rotatable bonds is 11. The first-order chi connectivity index (χ1) is 9.12. The average Bonchev–Trinajstić information content (AvgIpc) is 2.45. The molecule has 0 bridgehead atoms. The Bertz CT molecular complexity index is 237. The summed E-state index contributed by atoms with van der Waals surface area (Å²) in [7, 11) is 0.518. The number of unbranched alkanes of at least 4 members (excludes halogenated alkanes) is 4. The second-order valence-electron chi connectivity index (χ2n) is 5.66. The third-order valence-corrected chi connectivity index (χ3v) is 5.15. The Kier molecular flexibility index (Phi) is 10.3. The normalized spacial score (nSPS) is 13.5. The van der Waals surface area contributed by atoms with E-state index < -0.39 is 0 Å². The van der Waals surface area contributed by atoms with Crippen molar-refractivity contribution in [1.29, 1.82) is 0 Å². The summed E-state index contributed by atoms with van der Waals surface area (Å²) in [5.74, 6) is 0.551. The highest BCUT2D eigenvalue weighted by Gasteiger charge is 2.41. The quantitative estimate of drug-likeness (QED) is 0.424. The molecule has 0 radical (unpaired) electrons. The van der Waals surface area contributed by atoms with Crippen molar-refractivity contribution in [3.8, 4) is 0 Å². The molecule has 114 valence electrons. The van der Waals surface area contributed by atoms with Crippen molar-refractivity contribution in [3.63, 3.8) is 0 Å². The zero-order chi connectivity index (χ0) is 14.7. The highest BCUT2D eigenvalue weighted by atomic mass is 28.2. The van der Waals surface area contributed by atoms with E-state index in [1.807, 2.05) is 0 Å². The fourth-order valence-corrected chi connectivity index (χ4v) is 3.76. The molecule has 0 saturated carbocycles. The first-order valence-electron chi connectivity index (χ1n) is 8.21. The van der Waals surface area contributed by atoms with Gasteiger partial charge in [-0.2, -0.15) is 0 Å². The molecule has 0 heterocycles. The average molecular weight is 287 g/mol. The van der Waals surface area contributed by atoms with Crippen molar-refractivity contribution in [3.05, 3.63) is 0 Å². The van der Waals surface area contributed by atoms with Gasteiger partial charge in [-0.25, -0.2) is 0 Å². The van der Waals surface area contributed by atoms with Crippen LogP contribution in [0.4, 0.5) is 0 Å². The van der Waals surface area contributed by atoms with Gasteiger partial charge in [0.1, 0.15) is 0 Å². The topological polar surface area (TPSA) is 26.3 Å². The third-order valence-electron chi connectivity index (χ3n) is 4.78. The molecule has 2 nitrogen and oxygen atoms in total. The highest BCUT2D eigenvalue weighted by molar-refractivity contribution is 6.06. The van der Waals surface area contributed by atoms with Crippen molar-refractivity contribution < 1.29 is 9.22 Å². The van der Waals surface area contributed by atoms with Crippen LogP contribution < -0.4 is 0 Å². The van der Waals surface area contributed by atoms with Gasteiger partial charge < -0.3 is 4.43 Å². The Morgan fingerprint density at radius 3 is 2.05 bits per heavy atom. The van der Waals surface area contributed by atoms with E-state index in [2.05, 4.69) is 27.7 Å². The maximum Gasteiger partial charge on any atom is 0.298 e. The van der Waals surface area contributed by atoms with Crippen molar-refractivity contribution in [2.45, 2.75) is 85.5 Å². The number of carbonyl (C=O) groups is 1. The lowest BCUT2D eigenvalue weighted by Gasteiger charge is -2.37. The molecule has 1 atom stereocenters. The van der Waals surface area contributed by atoms with Gasteiger partial charge in [0.2, 0.25) is 10.5 Å². The maximum absolute atomic E-state index is 12.2. The molecule has 0 rings (SSSR count). The monoisotopic (exact) mass is 286 g/mol. The molecule has 0 spiro atoms. The Labute approximate surface area is 123 Å². The van der Waals surface area contributed by atoms with Gasteiger partial charge in [-0.1, -0.05) is 66.2 Å². The van der Waals surface area contributed by atoms with Crippen molar-refractivity contribution >= 4 is 16.5 Å². The van der Waals surface area contributed by atoms with Crippen LogP contribution >= 0.6 is 0 Å². The van der Waals surface area contributed by atoms with Crippen LogP contribution in [0.3, 0.4) is 0 Å². The molecule has 0 aromatic rings. The molecule has 1 unspecified atom stereocenters. The van der Waals surface area contributed by atoms with Crippen LogP contribution in [0, 0.1) is 11.3 Å². The summed E-state index contributed by atoms with van der Waals surface area (Å²) in [6.45, 7) is 8.75. The summed E-state index contributed by atoms with van der Waals surface area (Å²) in [6, 6.07) is 0. The number of hydrogen-bond acceptors (Lipinski definition) is 2. The first-order valence-corrected chi connectivity index (χ1v) is 9.02. The van der Waals surface area contributed by atoms with Gasteiger partial charge in [0, 0.05) is 0 Å². The van der Waals surface area contributed by atoms with Gasteiger partial charge in [0.25, 0.3) is 5.97 Å². The summed E-state index contributed by atoms with van der Waals surface area (Å²) in [5.41, 5.74) is -0.221. The number of hydrogen-bond donors (Lipinski definition) is 0. The molecule has 3 heteroatoms. The Morgan fingerprint density at radius 2 is 1.63 bits per heavy atom. The SMILES string of the molecule is CCCCCCCC(CC)C(CC)(CC)C(=O)O[SiH3]. The minimum Gasteiger partial charge on any atom is -0.528 e. The van der Waals surface area contributed by atoms with E-state index in [0.29, 0.717) is 16.4 Å². The highest BCUT2D eigenvalue weighted by Crippen LogP contribution is 2.41.